The molecule has 146 valence electrons. The summed E-state index contributed by atoms with van der Waals surface area (Å²) < 4.78 is 5.92. The fraction of sp³-hybridized carbons (Fsp3) is 0.250. The van der Waals surface area contributed by atoms with E-state index >= 15 is 0 Å². The molecule has 1 atom stereocenters. The van der Waals surface area contributed by atoms with Crippen LogP contribution in [0.3, 0.4) is 0 Å². The normalized spacial score (nSPS) is 15.8. The molecule has 0 saturated carbocycles. The number of amides is 2. The lowest BCUT2D eigenvalue weighted by atomic mass is 10.1. The highest BCUT2D eigenvalue weighted by Gasteiger charge is 2.35. The molecule has 0 bridgehead atoms. The van der Waals surface area contributed by atoms with E-state index in [9.17, 15) is 9.59 Å². The van der Waals surface area contributed by atoms with Gasteiger partial charge in [0.25, 0.3) is 0 Å². The second kappa shape index (κ2) is 8.20. The summed E-state index contributed by atoms with van der Waals surface area (Å²) in [6.45, 7) is 4.81. The Balaban J connectivity index is 1.90. The number of hydrogen-bond donors (Lipinski definition) is 0. The van der Waals surface area contributed by atoms with Crippen LogP contribution in [0, 0.1) is 6.92 Å². The Kier molecular flexibility index (Phi) is 5.91. The molecule has 1 aliphatic heterocycles. The van der Waals surface area contributed by atoms with Crippen molar-refractivity contribution < 1.29 is 14.3 Å². The summed E-state index contributed by atoms with van der Waals surface area (Å²) >= 11 is 12.3. The fourth-order valence-electron chi connectivity index (χ4n) is 2.98. The van der Waals surface area contributed by atoms with Gasteiger partial charge in [-0.2, -0.15) is 5.01 Å². The second-order valence-electron chi connectivity index (χ2n) is 6.38. The van der Waals surface area contributed by atoms with E-state index in [1.807, 2.05) is 6.92 Å². The predicted octanol–water partition coefficient (Wildman–Crippen LogP) is 4.22. The lowest BCUT2D eigenvalue weighted by Gasteiger charge is -2.28. The average Bonchev–Trinajstić information content (AvgIpc) is 3.04. The lowest BCUT2D eigenvalue weighted by Crippen LogP contribution is -2.44. The van der Waals surface area contributed by atoms with Crippen molar-refractivity contribution in [1.82, 2.24) is 5.01 Å². The maximum Gasteiger partial charge on any atom is 0.243 e. The van der Waals surface area contributed by atoms with Crippen LogP contribution in [0.2, 0.25) is 10.0 Å². The molecule has 28 heavy (non-hydrogen) atoms. The molecule has 8 heteroatoms. The van der Waals surface area contributed by atoms with Gasteiger partial charge < -0.3 is 9.64 Å². The highest BCUT2D eigenvalue weighted by atomic mass is 35.5. The SMILES string of the molecule is CC(=O)N(C[C@H]1OC(c2ccccc2Cl)=NN1C(C)=O)c1ccc(Cl)cc1C. The van der Waals surface area contributed by atoms with Crippen molar-refractivity contribution in [3.63, 3.8) is 0 Å². The van der Waals surface area contributed by atoms with E-state index in [1.165, 1.54) is 23.8 Å². The van der Waals surface area contributed by atoms with E-state index in [4.69, 9.17) is 27.9 Å². The minimum Gasteiger partial charge on any atom is -0.448 e. The molecule has 0 aromatic heterocycles. The summed E-state index contributed by atoms with van der Waals surface area (Å²) in [5, 5.41) is 6.54. The third-order valence-electron chi connectivity index (χ3n) is 4.31. The molecule has 1 heterocycles. The third kappa shape index (κ3) is 4.13. The van der Waals surface area contributed by atoms with Gasteiger partial charge in [-0.05, 0) is 42.8 Å². The van der Waals surface area contributed by atoms with Crippen molar-refractivity contribution in [2.24, 2.45) is 5.10 Å². The molecule has 2 amide bonds. The minimum atomic E-state index is -0.775. The quantitative estimate of drug-likeness (QED) is 0.744. The number of carbonyl (C=O) groups is 2. The topological polar surface area (TPSA) is 62.2 Å². The molecule has 2 aromatic rings. The second-order valence-corrected chi connectivity index (χ2v) is 7.23. The Morgan fingerprint density at radius 1 is 1.18 bits per heavy atom. The minimum absolute atomic E-state index is 0.106. The number of halogens is 2. The molecular weight excluding hydrogens is 401 g/mol. The number of aryl methyl sites for hydroxylation is 1. The van der Waals surface area contributed by atoms with E-state index in [0.29, 0.717) is 21.3 Å². The summed E-state index contributed by atoms with van der Waals surface area (Å²) in [6, 6.07) is 12.3. The number of nitrogens with zero attached hydrogens (tertiary/aromatic N) is 3. The molecule has 0 unspecified atom stereocenters. The van der Waals surface area contributed by atoms with Crippen LogP contribution < -0.4 is 4.90 Å². The van der Waals surface area contributed by atoms with E-state index < -0.39 is 6.23 Å². The van der Waals surface area contributed by atoms with Crippen LogP contribution in [0.25, 0.3) is 0 Å². The Hall–Kier alpha value is -2.57. The molecule has 0 saturated heterocycles. The van der Waals surface area contributed by atoms with Crippen LogP contribution in [0.1, 0.15) is 25.0 Å². The first-order chi connectivity index (χ1) is 13.3. The molecule has 0 fully saturated rings. The molecular formula is C20H19Cl2N3O3. The molecule has 0 N–H and O–H groups in total. The summed E-state index contributed by atoms with van der Waals surface area (Å²) in [5.74, 6) is -0.255. The summed E-state index contributed by atoms with van der Waals surface area (Å²) in [4.78, 5) is 26.0. The highest BCUT2D eigenvalue weighted by molar-refractivity contribution is 6.33. The summed E-state index contributed by atoms with van der Waals surface area (Å²) in [5.41, 5.74) is 2.10. The van der Waals surface area contributed by atoms with Crippen molar-refractivity contribution >= 4 is 46.6 Å². The van der Waals surface area contributed by atoms with Gasteiger partial charge in [0.15, 0.2) is 0 Å². The number of anilines is 1. The monoisotopic (exact) mass is 419 g/mol. The number of hydrazone groups is 1. The van der Waals surface area contributed by atoms with Crippen LogP contribution in [0.15, 0.2) is 47.6 Å². The van der Waals surface area contributed by atoms with Crippen LogP contribution in [0.4, 0.5) is 5.69 Å². The smallest absolute Gasteiger partial charge is 0.243 e. The summed E-state index contributed by atoms with van der Waals surface area (Å²) in [7, 11) is 0. The Morgan fingerprint density at radius 2 is 1.89 bits per heavy atom. The molecule has 0 aliphatic carbocycles. The Bertz CT molecular complexity index is 961. The largest absolute Gasteiger partial charge is 0.448 e. The van der Waals surface area contributed by atoms with Gasteiger partial charge >= 0.3 is 0 Å². The molecule has 3 rings (SSSR count). The van der Waals surface area contributed by atoms with Gasteiger partial charge in [-0.15, -0.1) is 5.10 Å². The van der Waals surface area contributed by atoms with E-state index in [-0.39, 0.29) is 24.3 Å². The van der Waals surface area contributed by atoms with Crippen molar-refractivity contribution in [1.29, 1.82) is 0 Å². The number of ether oxygens (including phenoxy) is 1. The van der Waals surface area contributed by atoms with E-state index in [1.54, 1.807) is 42.5 Å². The van der Waals surface area contributed by atoms with Crippen LogP contribution in [-0.2, 0) is 14.3 Å². The van der Waals surface area contributed by atoms with Gasteiger partial charge in [-0.3, -0.25) is 9.59 Å². The van der Waals surface area contributed by atoms with Gasteiger partial charge in [-0.25, -0.2) is 0 Å². The van der Waals surface area contributed by atoms with Gasteiger partial charge in [0.2, 0.25) is 23.9 Å². The standard InChI is InChI=1S/C20H19Cl2N3O3/c1-12-10-15(21)8-9-18(12)24(13(2)26)11-19-25(14(3)27)23-20(28-19)16-6-4-5-7-17(16)22/h4-10,19H,11H2,1-3H3/t19-/m1/s1. The first kappa shape index (κ1) is 20.2. The number of hydrogen-bond acceptors (Lipinski definition) is 4. The highest BCUT2D eigenvalue weighted by Crippen LogP contribution is 2.27. The van der Waals surface area contributed by atoms with Crippen molar-refractivity contribution in [2.45, 2.75) is 27.0 Å². The van der Waals surface area contributed by atoms with Crippen LogP contribution in [0.5, 0.6) is 0 Å². The van der Waals surface area contributed by atoms with Gasteiger partial charge in [0.05, 0.1) is 17.1 Å². The molecule has 0 radical (unpaired) electrons. The van der Waals surface area contributed by atoms with E-state index in [0.717, 1.165) is 5.56 Å². The van der Waals surface area contributed by atoms with Crippen molar-refractivity contribution in [3.05, 3.63) is 63.6 Å². The average molecular weight is 420 g/mol. The zero-order valence-corrected chi connectivity index (χ0v) is 17.2. The zero-order valence-electron chi connectivity index (χ0n) is 15.6. The molecule has 1 aliphatic rings. The lowest BCUT2D eigenvalue weighted by molar-refractivity contribution is -0.135. The summed E-state index contributed by atoms with van der Waals surface area (Å²) in [6.07, 6.45) is -0.775. The van der Waals surface area contributed by atoms with Crippen molar-refractivity contribution in [2.75, 3.05) is 11.4 Å². The van der Waals surface area contributed by atoms with Gasteiger partial charge in [0.1, 0.15) is 0 Å². The third-order valence-corrected chi connectivity index (χ3v) is 4.88. The van der Waals surface area contributed by atoms with Gasteiger partial charge in [-0.1, -0.05) is 35.3 Å². The van der Waals surface area contributed by atoms with E-state index in [2.05, 4.69) is 5.10 Å². The number of rotatable bonds is 4. The number of benzene rings is 2. The zero-order chi connectivity index (χ0) is 20.4. The molecule has 6 nitrogen and oxygen atoms in total. The molecule has 0 spiro atoms. The number of carbonyl (C=O) groups excluding carboxylic acids is 2. The van der Waals surface area contributed by atoms with Gasteiger partial charge in [0, 0.05) is 24.6 Å². The first-order valence-electron chi connectivity index (χ1n) is 8.62. The maximum atomic E-state index is 12.3. The Labute approximate surface area is 173 Å². The Morgan fingerprint density at radius 3 is 2.50 bits per heavy atom. The predicted molar refractivity (Wildman–Crippen MR) is 110 cm³/mol. The first-order valence-corrected chi connectivity index (χ1v) is 9.37. The molecule has 2 aromatic carbocycles. The fourth-order valence-corrected chi connectivity index (χ4v) is 3.42. The van der Waals surface area contributed by atoms with Crippen LogP contribution >= 0.6 is 23.2 Å². The van der Waals surface area contributed by atoms with Crippen molar-refractivity contribution in [3.8, 4) is 0 Å². The van der Waals surface area contributed by atoms with Crippen LogP contribution in [-0.4, -0.2) is 35.5 Å². The maximum absolute atomic E-state index is 12.3.